The quantitative estimate of drug-likeness (QED) is 0.608. The van der Waals surface area contributed by atoms with Crippen LogP contribution in [0.5, 0.6) is 5.75 Å². The second kappa shape index (κ2) is 7.58. The number of anilines is 1. The number of carbonyl (C=O) groups is 1. The molecule has 2 aromatic heterocycles. The third-order valence-electron chi connectivity index (χ3n) is 4.64. The fraction of sp³-hybridized carbons (Fsp3) is 0.278. The predicted octanol–water partition coefficient (Wildman–Crippen LogP) is 1.60. The van der Waals surface area contributed by atoms with Gasteiger partial charge in [0.05, 0.1) is 18.8 Å². The van der Waals surface area contributed by atoms with Crippen LogP contribution in [-0.2, 0) is 21.4 Å². The number of rotatable bonds is 6. The molecule has 29 heavy (non-hydrogen) atoms. The molecule has 0 saturated carbocycles. The largest absolute Gasteiger partial charge is 0.495 e. The van der Waals surface area contributed by atoms with E-state index in [0.29, 0.717) is 33.7 Å². The SMILES string of the molecule is COc1ccc(N2CCCC2=O)cc1S(=O)(=O)NCc1cc2c(=O)[nH]cnc2s1. The molecule has 0 atom stereocenters. The van der Waals surface area contributed by atoms with Crippen molar-refractivity contribution in [1.29, 1.82) is 0 Å². The zero-order valence-electron chi connectivity index (χ0n) is 15.5. The summed E-state index contributed by atoms with van der Waals surface area (Å²) in [5.74, 6) is 0.150. The summed E-state index contributed by atoms with van der Waals surface area (Å²) in [4.78, 5) is 33.1. The van der Waals surface area contributed by atoms with Gasteiger partial charge in [-0.05, 0) is 30.7 Å². The Bertz CT molecular complexity index is 1250. The molecule has 2 N–H and O–H groups in total. The van der Waals surface area contributed by atoms with Crippen LogP contribution in [0.1, 0.15) is 17.7 Å². The van der Waals surface area contributed by atoms with Crippen LogP contribution in [0.2, 0.25) is 0 Å². The normalized spacial score (nSPS) is 14.7. The molecule has 152 valence electrons. The van der Waals surface area contributed by atoms with Crippen molar-refractivity contribution >= 4 is 43.2 Å². The number of thiophene rings is 1. The Morgan fingerprint density at radius 3 is 2.83 bits per heavy atom. The van der Waals surface area contributed by atoms with Gasteiger partial charge in [-0.1, -0.05) is 0 Å². The Morgan fingerprint density at radius 1 is 1.31 bits per heavy atom. The number of carbonyl (C=O) groups excluding carboxylic acids is 1. The third kappa shape index (κ3) is 3.76. The second-order valence-electron chi connectivity index (χ2n) is 6.47. The summed E-state index contributed by atoms with van der Waals surface area (Å²) < 4.78 is 33.6. The van der Waals surface area contributed by atoms with Gasteiger partial charge >= 0.3 is 0 Å². The summed E-state index contributed by atoms with van der Waals surface area (Å²) in [5.41, 5.74) is 0.247. The van der Waals surface area contributed by atoms with Gasteiger partial charge in [-0.25, -0.2) is 18.1 Å². The van der Waals surface area contributed by atoms with Crippen molar-refractivity contribution in [2.75, 3.05) is 18.6 Å². The minimum atomic E-state index is -3.93. The lowest BCUT2D eigenvalue weighted by molar-refractivity contribution is -0.117. The summed E-state index contributed by atoms with van der Waals surface area (Å²) in [7, 11) is -2.54. The summed E-state index contributed by atoms with van der Waals surface area (Å²) >= 11 is 1.24. The van der Waals surface area contributed by atoms with Crippen molar-refractivity contribution in [3.63, 3.8) is 0 Å². The molecule has 0 spiro atoms. The van der Waals surface area contributed by atoms with Crippen molar-refractivity contribution in [2.24, 2.45) is 0 Å². The molecule has 1 amide bonds. The van der Waals surface area contributed by atoms with Crippen LogP contribution in [0.4, 0.5) is 5.69 Å². The number of benzene rings is 1. The van der Waals surface area contributed by atoms with Crippen LogP contribution in [0.3, 0.4) is 0 Å². The first-order valence-electron chi connectivity index (χ1n) is 8.83. The highest BCUT2D eigenvalue weighted by molar-refractivity contribution is 7.89. The molecular weight excluding hydrogens is 416 g/mol. The van der Waals surface area contributed by atoms with Crippen LogP contribution >= 0.6 is 11.3 Å². The van der Waals surface area contributed by atoms with Crippen molar-refractivity contribution in [2.45, 2.75) is 24.3 Å². The van der Waals surface area contributed by atoms with Gasteiger partial charge in [0.1, 0.15) is 15.5 Å². The Hall–Kier alpha value is -2.76. The van der Waals surface area contributed by atoms with Crippen LogP contribution < -0.4 is 19.9 Å². The number of aromatic nitrogens is 2. The molecule has 9 nitrogen and oxygen atoms in total. The maximum Gasteiger partial charge on any atom is 0.259 e. The van der Waals surface area contributed by atoms with Crippen LogP contribution in [-0.4, -0.2) is 37.9 Å². The number of hydrogen-bond donors (Lipinski definition) is 2. The summed E-state index contributed by atoms with van der Waals surface area (Å²) in [6.45, 7) is 0.556. The third-order valence-corrected chi connectivity index (χ3v) is 7.11. The van der Waals surface area contributed by atoms with Crippen molar-refractivity contribution < 1.29 is 17.9 Å². The molecule has 0 aliphatic carbocycles. The predicted molar refractivity (Wildman–Crippen MR) is 109 cm³/mol. The molecule has 3 heterocycles. The highest BCUT2D eigenvalue weighted by atomic mass is 32.2. The van der Waals surface area contributed by atoms with Gasteiger partial charge in [0, 0.05) is 30.1 Å². The average Bonchev–Trinajstić information content (AvgIpc) is 3.33. The van der Waals surface area contributed by atoms with Crippen LogP contribution in [0.25, 0.3) is 10.2 Å². The Morgan fingerprint density at radius 2 is 2.14 bits per heavy atom. The molecule has 1 aliphatic heterocycles. The minimum absolute atomic E-state index is 0.00116. The Kier molecular flexibility index (Phi) is 5.11. The number of H-pyrrole nitrogens is 1. The van der Waals surface area contributed by atoms with E-state index in [1.807, 2.05) is 0 Å². The molecule has 11 heteroatoms. The fourth-order valence-electron chi connectivity index (χ4n) is 3.21. The lowest BCUT2D eigenvalue weighted by atomic mass is 10.3. The van der Waals surface area contributed by atoms with Crippen molar-refractivity contribution in [3.8, 4) is 5.75 Å². The van der Waals surface area contributed by atoms with E-state index in [9.17, 15) is 18.0 Å². The lowest BCUT2D eigenvalue weighted by Gasteiger charge is -2.18. The molecule has 1 aromatic carbocycles. The van der Waals surface area contributed by atoms with E-state index in [-0.39, 0.29) is 28.7 Å². The molecule has 3 aromatic rings. The topological polar surface area (TPSA) is 121 Å². The zero-order valence-corrected chi connectivity index (χ0v) is 17.1. The van der Waals surface area contributed by atoms with Gasteiger partial charge < -0.3 is 14.6 Å². The standard InChI is InChI=1S/C18H18N4O5S2/c1-27-14-5-4-11(22-6-2-3-16(22)23)7-15(14)29(25,26)21-9-12-8-13-17(24)19-10-20-18(13)28-12/h4-5,7-8,10,21H,2-3,6,9H2,1H3,(H,19,20,24). The van der Waals surface area contributed by atoms with Gasteiger partial charge in [0.25, 0.3) is 5.56 Å². The summed E-state index contributed by atoms with van der Waals surface area (Å²) in [5, 5.41) is 0.416. The van der Waals surface area contributed by atoms with Crippen molar-refractivity contribution in [3.05, 3.63) is 45.8 Å². The molecule has 0 unspecified atom stereocenters. The number of nitrogens with one attached hydrogen (secondary N) is 2. The van der Waals surface area contributed by atoms with Crippen LogP contribution in [0.15, 0.2) is 40.3 Å². The lowest BCUT2D eigenvalue weighted by Crippen LogP contribution is -2.26. The molecule has 1 aliphatic rings. The van der Waals surface area contributed by atoms with Crippen LogP contribution in [0, 0.1) is 0 Å². The summed E-state index contributed by atoms with van der Waals surface area (Å²) in [6.07, 6.45) is 2.50. The molecule has 0 radical (unpaired) electrons. The first kappa shape index (κ1) is 19.6. The number of aromatic amines is 1. The number of fused-ring (bicyclic) bond motifs is 1. The van der Waals surface area contributed by atoms with E-state index in [2.05, 4.69) is 14.7 Å². The maximum atomic E-state index is 12.9. The molecular formula is C18H18N4O5S2. The van der Waals surface area contributed by atoms with E-state index >= 15 is 0 Å². The zero-order chi connectivity index (χ0) is 20.6. The number of hydrogen-bond acceptors (Lipinski definition) is 7. The fourth-order valence-corrected chi connectivity index (χ4v) is 5.43. The van der Waals surface area contributed by atoms with E-state index in [0.717, 1.165) is 6.42 Å². The molecule has 0 bridgehead atoms. The van der Waals surface area contributed by atoms with Gasteiger partial charge in [-0.2, -0.15) is 0 Å². The molecule has 1 saturated heterocycles. The molecule has 4 rings (SSSR count). The second-order valence-corrected chi connectivity index (χ2v) is 9.32. The van der Waals surface area contributed by atoms with E-state index in [1.165, 1.54) is 30.8 Å². The van der Waals surface area contributed by atoms with Gasteiger partial charge in [0.2, 0.25) is 15.9 Å². The average molecular weight is 434 g/mol. The van der Waals surface area contributed by atoms with E-state index in [4.69, 9.17) is 4.74 Å². The van der Waals surface area contributed by atoms with Crippen molar-refractivity contribution in [1.82, 2.24) is 14.7 Å². The first-order valence-corrected chi connectivity index (χ1v) is 11.1. The highest BCUT2D eigenvalue weighted by Gasteiger charge is 2.26. The van der Waals surface area contributed by atoms with Gasteiger partial charge in [-0.3, -0.25) is 9.59 Å². The van der Waals surface area contributed by atoms with E-state index < -0.39 is 10.0 Å². The number of nitrogens with zero attached hydrogens (tertiary/aromatic N) is 2. The Balaban J connectivity index is 1.62. The number of sulfonamides is 1. The highest BCUT2D eigenvalue weighted by Crippen LogP contribution is 2.31. The van der Waals surface area contributed by atoms with Gasteiger partial charge in [-0.15, -0.1) is 11.3 Å². The monoisotopic (exact) mass is 434 g/mol. The van der Waals surface area contributed by atoms with E-state index in [1.54, 1.807) is 23.1 Å². The number of methoxy groups -OCH3 is 1. The first-order chi connectivity index (χ1) is 13.9. The smallest absolute Gasteiger partial charge is 0.259 e. The molecule has 1 fully saturated rings. The number of ether oxygens (including phenoxy) is 1. The maximum absolute atomic E-state index is 12.9. The number of amides is 1. The van der Waals surface area contributed by atoms with Gasteiger partial charge in [0.15, 0.2) is 0 Å². The summed E-state index contributed by atoms with van der Waals surface area (Å²) in [6, 6.07) is 6.27. The Labute approximate surface area is 170 Å². The minimum Gasteiger partial charge on any atom is -0.495 e.